The topological polar surface area (TPSA) is 35.2 Å². The molecule has 0 saturated carbocycles. The van der Waals surface area contributed by atoms with Gasteiger partial charge in [-0.25, -0.2) is 0 Å². The van der Waals surface area contributed by atoms with Gasteiger partial charge in [0.2, 0.25) is 0 Å². The molecule has 1 unspecified atom stereocenters. The van der Waals surface area contributed by atoms with Crippen molar-refractivity contribution in [1.82, 2.24) is 0 Å². The van der Waals surface area contributed by atoms with Crippen LogP contribution in [0, 0.1) is 0 Å². The molecule has 2 N–H and O–H groups in total. The minimum absolute atomic E-state index is 0.250. The molecule has 2 aromatic rings. The molecule has 0 aliphatic carbocycles. The van der Waals surface area contributed by atoms with Crippen molar-refractivity contribution in [2.75, 3.05) is 7.11 Å². The van der Waals surface area contributed by atoms with E-state index in [1.807, 2.05) is 18.2 Å². The predicted molar refractivity (Wildman–Crippen MR) is 73.4 cm³/mol. The Bertz CT molecular complexity index is 527. The molecule has 1 atom stereocenters. The van der Waals surface area contributed by atoms with Crippen molar-refractivity contribution in [1.29, 1.82) is 0 Å². The van der Waals surface area contributed by atoms with Gasteiger partial charge in [-0.15, -0.1) is 11.3 Å². The van der Waals surface area contributed by atoms with Gasteiger partial charge in [0.25, 0.3) is 0 Å². The second kappa shape index (κ2) is 5.27. The van der Waals surface area contributed by atoms with Crippen LogP contribution in [0.3, 0.4) is 0 Å². The summed E-state index contributed by atoms with van der Waals surface area (Å²) in [6.07, 6.45) is 0. The zero-order valence-corrected chi connectivity index (χ0v) is 11.4. The Hall–Kier alpha value is -0.740. The molecule has 0 spiro atoms. The molecule has 2 rings (SSSR count). The number of methoxy groups -OCH3 is 1. The number of hydrogen-bond donors (Lipinski definition) is 1. The van der Waals surface area contributed by atoms with E-state index in [0.29, 0.717) is 10.8 Å². The van der Waals surface area contributed by atoms with E-state index in [-0.39, 0.29) is 6.04 Å². The van der Waals surface area contributed by atoms with Gasteiger partial charge in [-0.3, -0.25) is 0 Å². The lowest BCUT2D eigenvalue weighted by atomic mass is 10.1. The second-order valence-corrected chi connectivity index (χ2v) is 5.69. The SMILES string of the molecule is COc1cc(Cl)ccc1C(N)c1ccc(Cl)s1. The maximum atomic E-state index is 6.18. The van der Waals surface area contributed by atoms with Crippen LogP contribution < -0.4 is 10.5 Å². The molecule has 1 heterocycles. The highest BCUT2D eigenvalue weighted by atomic mass is 35.5. The minimum atomic E-state index is -0.250. The Kier molecular flexibility index (Phi) is 3.94. The summed E-state index contributed by atoms with van der Waals surface area (Å²) in [4.78, 5) is 0.996. The van der Waals surface area contributed by atoms with Crippen LogP contribution in [-0.4, -0.2) is 7.11 Å². The van der Waals surface area contributed by atoms with Gasteiger partial charge in [-0.1, -0.05) is 29.3 Å². The molecule has 5 heteroatoms. The first-order valence-electron chi connectivity index (χ1n) is 4.96. The summed E-state index contributed by atoms with van der Waals surface area (Å²) in [5, 5.41) is 0.627. The molecular weight excluding hydrogens is 277 g/mol. The van der Waals surface area contributed by atoms with Gasteiger partial charge in [0, 0.05) is 15.5 Å². The zero-order valence-electron chi connectivity index (χ0n) is 9.11. The standard InChI is InChI=1S/C12H11Cl2NOS/c1-16-9-6-7(13)2-3-8(9)12(15)10-4-5-11(14)17-10/h2-6,12H,15H2,1H3. The zero-order chi connectivity index (χ0) is 12.4. The van der Waals surface area contributed by atoms with Crippen LogP contribution >= 0.6 is 34.5 Å². The molecule has 0 bridgehead atoms. The Balaban J connectivity index is 2.39. The lowest BCUT2D eigenvalue weighted by Gasteiger charge is -2.14. The van der Waals surface area contributed by atoms with Crippen LogP contribution in [0.2, 0.25) is 9.36 Å². The van der Waals surface area contributed by atoms with Crippen LogP contribution in [0.15, 0.2) is 30.3 Å². The normalized spacial score (nSPS) is 12.5. The van der Waals surface area contributed by atoms with E-state index in [2.05, 4.69) is 0 Å². The third-order valence-electron chi connectivity index (χ3n) is 2.43. The fourth-order valence-corrected chi connectivity index (χ4v) is 2.83. The molecule has 0 saturated heterocycles. The molecular formula is C12H11Cl2NOS. The first kappa shape index (κ1) is 12.7. The molecule has 90 valence electrons. The highest BCUT2D eigenvalue weighted by Crippen LogP contribution is 2.34. The molecule has 1 aromatic carbocycles. The van der Waals surface area contributed by atoms with Gasteiger partial charge in [-0.05, 0) is 24.3 Å². The number of benzene rings is 1. The van der Waals surface area contributed by atoms with Crippen molar-refractivity contribution >= 4 is 34.5 Å². The molecule has 0 aliphatic heterocycles. The number of rotatable bonds is 3. The molecule has 1 aromatic heterocycles. The lowest BCUT2D eigenvalue weighted by Crippen LogP contribution is -2.11. The van der Waals surface area contributed by atoms with Crippen molar-refractivity contribution in [2.24, 2.45) is 5.73 Å². The third kappa shape index (κ3) is 2.75. The Morgan fingerprint density at radius 1 is 1.24 bits per heavy atom. The van der Waals surface area contributed by atoms with E-state index in [1.54, 1.807) is 19.2 Å². The average molecular weight is 288 g/mol. The van der Waals surface area contributed by atoms with E-state index in [4.69, 9.17) is 33.7 Å². The fourth-order valence-electron chi connectivity index (χ4n) is 1.59. The number of thiophene rings is 1. The van der Waals surface area contributed by atoms with Gasteiger partial charge in [-0.2, -0.15) is 0 Å². The number of hydrogen-bond acceptors (Lipinski definition) is 3. The highest BCUT2D eigenvalue weighted by molar-refractivity contribution is 7.16. The van der Waals surface area contributed by atoms with E-state index < -0.39 is 0 Å². The maximum Gasteiger partial charge on any atom is 0.125 e. The van der Waals surface area contributed by atoms with E-state index in [1.165, 1.54) is 11.3 Å². The van der Waals surface area contributed by atoms with Gasteiger partial charge in [0.05, 0.1) is 17.5 Å². The Morgan fingerprint density at radius 2 is 2.00 bits per heavy atom. The number of nitrogens with two attached hydrogens (primary N) is 1. The van der Waals surface area contributed by atoms with Crippen LogP contribution in [0.4, 0.5) is 0 Å². The van der Waals surface area contributed by atoms with Crippen molar-refractivity contribution in [3.63, 3.8) is 0 Å². The van der Waals surface area contributed by atoms with E-state index in [9.17, 15) is 0 Å². The molecule has 0 fully saturated rings. The molecule has 0 aliphatic rings. The van der Waals surface area contributed by atoms with E-state index in [0.717, 1.165) is 14.8 Å². The highest BCUT2D eigenvalue weighted by Gasteiger charge is 2.16. The Morgan fingerprint density at radius 3 is 2.59 bits per heavy atom. The molecule has 17 heavy (non-hydrogen) atoms. The first-order valence-corrected chi connectivity index (χ1v) is 6.53. The number of halogens is 2. The number of ether oxygens (including phenoxy) is 1. The lowest BCUT2D eigenvalue weighted by molar-refractivity contribution is 0.408. The largest absolute Gasteiger partial charge is 0.496 e. The van der Waals surface area contributed by atoms with Crippen LogP contribution in [0.5, 0.6) is 5.75 Å². The molecule has 0 radical (unpaired) electrons. The summed E-state index contributed by atoms with van der Waals surface area (Å²) in [5.74, 6) is 0.689. The van der Waals surface area contributed by atoms with Crippen molar-refractivity contribution in [3.05, 3.63) is 50.1 Å². The fraction of sp³-hybridized carbons (Fsp3) is 0.167. The average Bonchev–Trinajstić information content (AvgIpc) is 2.75. The molecule has 2 nitrogen and oxygen atoms in total. The predicted octanol–water partition coefficient (Wildman–Crippen LogP) is 4.11. The van der Waals surface area contributed by atoms with Gasteiger partial charge in [0.15, 0.2) is 0 Å². The summed E-state index contributed by atoms with van der Waals surface area (Å²) < 4.78 is 6.01. The summed E-state index contributed by atoms with van der Waals surface area (Å²) in [5.41, 5.74) is 7.08. The van der Waals surface area contributed by atoms with Crippen LogP contribution in [0.25, 0.3) is 0 Å². The second-order valence-electron chi connectivity index (χ2n) is 3.51. The maximum absolute atomic E-state index is 6.18. The Labute approximate surface area is 114 Å². The van der Waals surface area contributed by atoms with Crippen LogP contribution in [0.1, 0.15) is 16.5 Å². The van der Waals surface area contributed by atoms with Crippen molar-refractivity contribution < 1.29 is 4.74 Å². The monoisotopic (exact) mass is 287 g/mol. The summed E-state index contributed by atoms with van der Waals surface area (Å²) >= 11 is 13.3. The van der Waals surface area contributed by atoms with Crippen LogP contribution in [-0.2, 0) is 0 Å². The van der Waals surface area contributed by atoms with Gasteiger partial charge >= 0.3 is 0 Å². The van der Waals surface area contributed by atoms with Crippen molar-refractivity contribution in [2.45, 2.75) is 6.04 Å². The minimum Gasteiger partial charge on any atom is -0.496 e. The summed E-state index contributed by atoms with van der Waals surface area (Å²) in [6.45, 7) is 0. The van der Waals surface area contributed by atoms with Gasteiger partial charge < -0.3 is 10.5 Å². The summed E-state index contributed by atoms with van der Waals surface area (Å²) in [6, 6.07) is 8.94. The van der Waals surface area contributed by atoms with Gasteiger partial charge in [0.1, 0.15) is 5.75 Å². The summed E-state index contributed by atoms with van der Waals surface area (Å²) in [7, 11) is 1.60. The molecule has 0 amide bonds. The van der Waals surface area contributed by atoms with Crippen molar-refractivity contribution in [3.8, 4) is 5.75 Å². The quantitative estimate of drug-likeness (QED) is 0.922. The van der Waals surface area contributed by atoms with E-state index >= 15 is 0 Å². The third-order valence-corrected chi connectivity index (χ3v) is 3.98. The first-order chi connectivity index (χ1) is 8.11. The smallest absolute Gasteiger partial charge is 0.125 e.